The highest BCUT2D eigenvalue weighted by Crippen LogP contribution is 2.37. The SMILES string of the molecule is COC(=O)[C@H]1[C@@H](OC(C)=O)CC[C@@H](CCO[Si](C)(C)C(C)(C)C)N1C(=O)OC. The summed E-state index contributed by atoms with van der Waals surface area (Å²) in [6, 6.07) is -1.30. The van der Waals surface area contributed by atoms with E-state index in [2.05, 4.69) is 33.9 Å². The van der Waals surface area contributed by atoms with Crippen molar-refractivity contribution < 1.29 is 33.0 Å². The van der Waals surface area contributed by atoms with Gasteiger partial charge >= 0.3 is 18.0 Å². The Hall–Kier alpha value is -1.61. The zero-order valence-corrected chi connectivity index (χ0v) is 19.4. The number of amides is 1. The molecule has 3 atom stereocenters. The molecule has 1 heterocycles. The summed E-state index contributed by atoms with van der Waals surface area (Å²) in [6.45, 7) is 12.6. The lowest BCUT2D eigenvalue weighted by Crippen LogP contribution is -2.60. The van der Waals surface area contributed by atoms with E-state index in [0.29, 0.717) is 25.9 Å². The molecule has 8 nitrogen and oxygen atoms in total. The molecule has 0 saturated carbocycles. The maximum absolute atomic E-state index is 12.5. The highest BCUT2D eigenvalue weighted by atomic mass is 28.4. The molecule has 0 aromatic rings. The van der Waals surface area contributed by atoms with E-state index in [9.17, 15) is 14.4 Å². The minimum absolute atomic E-state index is 0.0799. The molecule has 0 aromatic heterocycles. The van der Waals surface area contributed by atoms with Crippen molar-refractivity contribution in [3.8, 4) is 0 Å². The fourth-order valence-corrected chi connectivity index (χ4v) is 4.16. The second-order valence-electron chi connectivity index (χ2n) is 8.62. The van der Waals surface area contributed by atoms with Crippen LogP contribution >= 0.6 is 0 Å². The van der Waals surface area contributed by atoms with E-state index in [1.54, 1.807) is 0 Å². The number of hydrogen-bond acceptors (Lipinski definition) is 7. The van der Waals surface area contributed by atoms with Gasteiger partial charge in [-0.15, -0.1) is 0 Å². The number of likely N-dealkylation sites (tertiary alicyclic amines) is 1. The van der Waals surface area contributed by atoms with E-state index >= 15 is 0 Å². The van der Waals surface area contributed by atoms with Gasteiger partial charge in [0.1, 0.15) is 6.10 Å². The van der Waals surface area contributed by atoms with Crippen LogP contribution in [-0.4, -0.2) is 70.3 Å². The number of carbonyl (C=O) groups excluding carboxylic acids is 3. The molecule has 1 rings (SSSR count). The molecule has 0 radical (unpaired) electrons. The van der Waals surface area contributed by atoms with Crippen LogP contribution in [0.2, 0.25) is 18.1 Å². The average Bonchev–Trinajstić information content (AvgIpc) is 2.59. The summed E-state index contributed by atoms with van der Waals surface area (Å²) in [5, 5.41) is 0.0799. The number of rotatable bonds is 6. The standard InChI is InChI=1S/C19H35NO7Si/c1-13(21)27-15-10-9-14(11-12-26-28(7,8)19(2,3)4)20(18(23)25-6)16(15)17(22)24-5/h14-16H,9-12H2,1-8H3/t14-,15-,16+/m0/s1. The van der Waals surface area contributed by atoms with Crippen molar-refractivity contribution in [3.63, 3.8) is 0 Å². The zero-order chi connectivity index (χ0) is 21.7. The molecule has 1 aliphatic heterocycles. The van der Waals surface area contributed by atoms with Crippen LogP contribution < -0.4 is 0 Å². The van der Waals surface area contributed by atoms with E-state index in [1.807, 2.05) is 0 Å². The lowest BCUT2D eigenvalue weighted by atomic mass is 9.91. The Labute approximate surface area is 169 Å². The Morgan fingerprint density at radius 3 is 2.14 bits per heavy atom. The molecule has 0 aliphatic carbocycles. The molecule has 0 aromatic carbocycles. The summed E-state index contributed by atoms with van der Waals surface area (Å²) in [6.07, 6.45) is 0.173. The molecule has 1 saturated heterocycles. The molecule has 1 fully saturated rings. The van der Waals surface area contributed by atoms with Gasteiger partial charge in [0.25, 0.3) is 0 Å². The number of ether oxygens (including phenoxy) is 3. The van der Waals surface area contributed by atoms with Crippen molar-refractivity contribution in [2.45, 2.75) is 83.3 Å². The molecule has 0 bridgehead atoms. The van der Waals surface area contributed by atoms with Crippen LogP contribution in [0.5, 0.6) is 0 Å². The summed E-state index contributed by atoms with van der Waals surface area (Å²) < 4.78 is 21.3. The van der Waals surface area contributed by atoms with E-state index in [0.717, 1.165) is 0 Å². The predicted octanol–water partition coefficient (Wildman–Crippen LogP) is 3.10. The van der Waals surface area contributed by atoms with Gasteiger partial charge in [-0.3, -0.25) is 9.69 Å². The molecule has 1 amide bonds. The molecule has 0 N–H and O–H groups in total. The first kappa shape index (κ1) is 24.4. The van der Waals surface area contributed by atoms with Crippen LogP contribution in [-0.2, 0) is 28.2 Å². The molecular formula is C19H35NO7Si. The minimum atomic E-state index is -1.92. The number of hydrogen-bond donors (Lipinski definition) is 0. The highest BCUT2D eigenvalue weighted by molar-refractivity contribution is 6.74. The molecule has 0 spiro atoms. The van der Waals surface area contributed by atoms with Crippen molar-refractivity contribution in [1.82, 2.24) is 4.90 Å². The number of nitrogens with zero attached hydrogens (tertiary/aromatic N) is 1. The van der Waals surface area contributed by atoms with Gasteiger partial charge in [-0.05, 0) is 37.4 Å². The van der Waals surface area contributed by atoms with E-state index in [4.69, 9.17) is 18.6 Å². The Balaban J connectivity index is 3.00. The van der Waals surface area contributed by atoms with Crippen LogP contribution in [0.1, 0.15) is 47.0 Å². The smallest absolute Gasteiger partial charge is 0.410 e. The van der Waals surface area contributed by atoms with Gasteiger partial charge in [-0.1, -0.05) is 20.8 Å². The number of piperidine rings is 1. The quantitative estimate of drug-likeness (QED) is 0.372. The molecule has 9 heteroatoms. The second kappa shape index (κ2) is 9.73. The van der Waals surface area contributed by atoms with Crippen LogP contribution in [0.3, 0.4) is 0 Å². The van der Waals surface area contributed by atoms with E-state index < -0.39 is 38.5 Å². The van der Waals surface area contributed by atoms with Crippen molar-refractivity contribution in [3.05, 3.63) is 0 Å². The second-order valence-corrected chi connectivity index (χ2v) is 13.4. The van der Waals surface area contributed by atoms with Crippen LogP contribution in [0.4, 0.5) is 4.79 Å². The number of esters is 2. The van der Waals surface area contributed by atoms with Crippen molar-refractivity contribution >= 4 is 26.3 Å². The zero-order valence-electron chi connectivity index (χ0n) is 18.4. The predicted molar refractivity (Wildman–Crippen MR) is 106 cm³/mol. The lowest BCUT2D eigenvalue weighted by Gasteiger charge is -2.43. The first-order chi connectivity index (χ1) is 12.9. The van der Waals surface area contributed by atoms with Crippen LogP contribution in [0, 0.1) is 0 Å². The third-order valence-corrected chi connectivity index (χ3v) is 10.2. The summed E-state index contributed by atoms with van der Waals surface area (Å²) in [4.78, 5) is 37.7. The third kappa shape index (κ3) is 5.94. The largest absolute Gasteiger partial charge is 0.467 e. The first-order valence-electron chi connectivity index (χ1n) is 9.61. The summed E-state index contributed by atoms with van der Waals surface area (Å²) in [7, 11) is 0.578. The number of methoxy groups -OCH3 is 2. The molecule has 28 heavy (non-hydrogen) atoms. The fourth-order valence-electron chi connectivity index (χ4n) is 3.10. The number of carbonyl (C=O) groups is 3. The fraction of sp³-hybridized carbons (Fsp3) is 0.842. The lowest BCUT2D eigenvalue weighted by molar-refractivity contribution is -0.166. The van der Waals surface area contributed by atoms with Crippen LogP contribution in [0.25, 0.3) is 0 Å². The third-order valence-electron chi connectivity index (χ3n) is 5.70. The average molecular weight is 418 g/mol. The van der Waals surface area contributed by atoms with Gasteiger partial charge in [0.2, 0.25) is 0 Å². The molecule has 1 aliphatic rings. The summed E-state index contributed by atoms with van der Waals surface area (Å²) in [5.41, 5.74) is 0. The van der Waals surface area contributed by atoms with Gasteiger partial charge < -0.3 is 18.6 Å². The Bertz CT molecular complexity index is 573. The van der Waals surface area contributed by atoms with Crippen molar-refractivity contribution in [2.75, 3.05) is 20.8 Å². The van der Waals surface area contributed by atoms with Gasteiger partial charge in [-0.25, -0.2) is 9.59 Å². The molecule has 0 unspecified atom stereocenters. The van der Waals surface area contributed by atoms with E-state index in [-0.39, 0.29) is 11.1 Å². The summed E-state index contributed by atoms with van der Waals surface area (Å²) >= 11 is 0. The monoisotopic (exact) mass is 417 g/mol. The normalized spacial score (nSPS) is 23.1. The van der Waals surface area contributed by atoms with Gasteiger partial charge in [0, 0.05) is 19.6 Å². The first-order valence-corrected chi connectivity index (χ1v) is 12.5. The minimum Gasteiger partial charge on any atom is -0.467 e. The Morgan fingerprint density at radius 1 is 1.07 bits per heavy atom. The maximum Gasteiger partial charge on any atom is 0.410 e. The maximum atomic E-state index is 12.5. The topological polar surface area (TPSA) is 91.4 Å². The van der Waals surface area contributed by atoms with E-state index in [1.165, 1.54) is 26.0 Å². The van der Waals surface area contributed by atoms with Gasteiger partial charge in [0.15, 0.2) is 14.4 Å². The molecular weight excluding hydrogens is 382 g/mol. The summed E-state index contributed by atoms with van der Waals surface area (Å²) in [5.74, 6) is -1.14. The van der Waals surface area contributed by atoms with Crippen molar-refractivity contribution in [1.29, 1.82) is 0 Å². The molecule has 162 valence electrons. The Kier molecular flexibility index (Phi) is 8.49. The van der Waals surface area contributed by atoms with Crippen molar-refractivity contribution in [2.24, 2.45) is 0 Å². The Morgan fingerprint density at radius 2 is 1.68 bits per heavy atom. The van der Waals surface area contributed by atoms with Crippen LogP contribution in [0.15, 0.2) is 0 Å². The highest BCUT2D eigenvalue weighted by Gasteiger charge is 2.47. The van der Waals surface area contributed by atoms with Gasteiger partial charge in [0.05, 0.1) is 14.2 Å². The van der Waals surface area contributed by atoms with Gasteiger partial charge in [-0.2, -0.15) is 0 Å².